The zero-order valence-corrected chi connectivity index (χ0v) is 10.8. The molecule has 0 aliphatic rings. The molecule has 1 aromatic heterocycles. The molecule has 0 radical (unpaired) electrons. The molecule has 0 aliphatic carbocycles. The minimum atomic E-state index is -1.11. The summed E-state index contributed by atoms with van der Waals surface area (Å²) in [5, 5.41) is 8.72. The van der Waals surface area contributed by atoms with E-state index in [1.807, 2.05) is 24.3 Å². The van der Waals surface area contributed by atoms with Gasteiger partial charge in [-0.05, 0) is 23.6 Å². The standard InChI is InChI=1S/C14H15NO4/c1-9(2)10-4-3-5-11(6-10)18-8-13-15-12(7-19-13)14(16)17/h3-7,9H,8H2,1-2H3,(H,16,17). The number of nitrogens with zero attached hydrogens (tertiary/aromatic N) is 1. The van der Waals surface area contributed by atoms with Crippen LogP contribution in [0.4, 0.5) is 0 Å². The van der Waals surface area contributed by atoms with E-state index in [0.29, 0.717) is 11.7 Å². The van der Waals surface area contributed by atoms with Crippen LogP contribution in [-0.4, -0.2) is 16.1 Å². The van der Waals surface area contributed by atoms with E-state index in [9.17, 15) is 4.79 Å². The Morgan fingerprint density at radius 2 is 2.26 bits per heavy atom. The van der Waals surface area contributed by atoms with Crippen molar-refractivity contribution in [3.05, 3.63) is 47.7 Å². The van der Waals surface area contributed by atoms with E-state index in [1.54, 1.807) is 0 Å². The Kier molecular flexibility index (Phi) is 3.85. The molecule has 0 unspecified atom stereocenters. The maximum absolute atomic E-state index is 10.6. The third-order valence-corrected chi connectivity index (χ3v) is 2.66. The highest BCUT2D eigenvalue weighted by molar-refractivity contribution is 5.84. The summed E-state index contributed by atoms with van der Waals surface area (Å²) in [4.78, 5) is 14.4. The average Bonchev–Trinajstić information content (AvgIpc) is 2.85. The highest BCUT2D eigenvalue weighted by Crippen LogP contribution is 2.20. The van der Waals surface area contributed by atoms with E-state index >= 15 is 0 Å². The van der Waals surface area contributed by atoms with Crippen molar-refractivity contribution in [3.8, 4) is 5.75 Å². The van der Waals surface area contributed by atoms with Gasteiger partial charge in [0.1, 0.15) is 12.0 Å². The molecule has 0 fully saturated rings. The van der Waals surface area contributed by atoms with Crippen molar-refractivity contribution in [1.29, 1.82) is 0 Å². The number of hydrogen-bond acceptors (Lipinski definition) is 4. The Bertz CT molecular complexity index is 574. The highest BCUT2D eigenvalue weighted by atomic mass is 16.5. The van der Waals surface area contributed by atoms with Crippen LogP contribution >= 0.6 is 0 Å². The molecular formula is C14H15NO4. The third-order valence-electron chi connectivity index (χ3n) is 2.66. The summed E-state index contributed by atoms with van der Waals surface area (Å²) >= 11 is 0. The second-order valence-electron chi connectivity index (χ2n) is 4.45. The minimum Gasteiger partial charge on any atom is -0.484 e. The lowest BCUT2D eigenvalue weighted by atomic mass is 10.0. The number of oxazole rings is 1. The number of carboxylic acid groups (broad SMARTS) is 1. The largest absolute Gasteiger partial charge is 0.484 e. The molecule has 1 aromatic carbocycles. The first-order valence-electron chi connectivity index (χ1n) is 5.96. The Balaban J connectivity index is 2.01. The lowest BCUT2D eigenvalue weighted by Crippen LogP contribution is -2.00. The van der Waals surface area contributed by atoms with Gasteiger partial charge in [-0.15, -0.1) is 0 Å². The Morgan fingerprint density at radius 3 is 2.89 bits per heavy atom. The topological polar surface area (TPSA) is 72.6 Å². The van der Waals surface area contributed by atoms with Crippen LogP contribution in [0.25, 0.3) is 0 Å². The van der Waals surface area contributed by atoms with Gasteiger partial charge in [0.05, 0.1) is 0 Å². The van der Waals surface area contributed by atoms with E-state index in [2.05, 4.69) is 18.8 Å². The third kappa shape index (κ3) is 3.34. The molecule has 100 valence electrons. The molecule has 19 heavy (non-hydrogen) atoms. The van der Waals surface area contributed by atoms with Crippen LogP contribution in [-0.2, 0) is 6.61 Å². The van der Waals surface area contributed by atoms with Gasteiger partial charge in [-0.1, -0.05) is 26.0 Å². The zero-order valence-electron chi connectivity index (χ0n) is 10.8. The first-order valence-corrected chi connectivity index (χ1v) is 5.96. The van der Waals surface area contributed by atoms with Gasteiger partial charge in [-0.2, -0.15) is 0 Å². The number of carboxylic acids is 1. The maximum atomic E-state index is 10.6. The Morgan fingerprint density at radius 1 is 1.47 bits per heavy atom. The summed E-state index contributed by atoms with van der Waals surface area (Å²) in [6.45, 7) is 4.31. The smallest absolute Gasteiger partial charge is 0.357 e. The van der Waals surface area contributed by atoms with Crippen molar-refractivity contribution >= 4 is 5.97 Å². The molecule has 5 nitrogen and oxygen atoms in total. The fourth-order valence-electron chi connectivity index (χ4n) is 1.58. The van der Waals surface area contributed by atoms with Gasteiger partial charge in [0.15, 0.2) is 12.3 Å². The number of benzene rings is 1. The molecular weight excluding hydrogens is 246 g/mol. The summed E-state index contributed by atoms with van der Waals surface area (Å²) in [6.07, 6.45) is 1.10. The predicted octanol–water partition coefficient (Wildman–Crippen LogP) is 3.08. The highest BCUT2D eigenvalue weighted by Gasteiger charge is 2.10. The molecule has 1 heterocycles. The Labute approximate surface area is 110 Å². The molecule has 2 aromatic rings. The summed E-state index contributed by atoms with van der Waals surface area (Å²) in [5.74, 6) is 0.259. The fourth-order valence-corrected chi connectivity index (χ4v) is 1.58. The summed E-state index contributed by atoms with van der Waals surface area (Å²) in [7, 11) is 0. The van der Waals surface area contributed by atoms with Gasteiger partial charge in [-0.25, -0.2) is 9.78 Å². The SMILES string of the molecule is CC(C)c1cccc(OCc2nc(C(=O)O)co2)c1. The molecule has 0 saturated heterocycles. The van der Waals surface area contributed by atoms with Gasteiger partial charge in [-0.3, -0.25) is 0 Å². The normalized spacial score (nSPS) is 10.7. The van der Waals surface area contributed by atoms with Crippen LogP contribution in [0.5, 0.6) is 5.75 Å². The van der Waals surface area contributed by atoms with Crippen molar-refractivity contribution in [2.45, 2.75) is 26.4 Å². The number of rotatable bonds is 5. The van der Waals surface area contributed by atoms with E-state index in [4.69, 9.17) is 14.3 Å². The van der Waals surface area contributed by atoms with Gasteiger partial charge in [0, 0.05) is 0 Å². The minimum absolute atomic E-state index is 0.106. The van der Waals surface area contributed by atoms with E-state index in [0.717, 1.165) is 6.26 Å². The summed E-state index contributed by atoms with van der Waals surface area (Å²) < 4.78 is 10.5. The van der Waals surface area contributed by atoms with Crippen molar-refractivity contribution in [2.75, 3.05) is 0 Å². The molecule has 2 rings (SSSR count). The lowest BCUT2D eigenvalue weighted by molar-refractivity contribution is 0.0690. The van der Waals surface area contributed by atoms with Crippen molar-refractivity contribution < 1.29 is 19.1 Å². The van der Waals surface area contributed by atoms with Crippen molar-refractivity contribution in [2.24, 2.45) is 0 Å². The van der Waals surface area contributed by atoms with Crippen LogP contribution in [0.2, 0.25) is 0 Å². The van der Waals surface area contributed by atoms with E-state index in [1.165, 1.54) is 5.56 Å². The van der Waals surface area contributed by atoms with Crippen LogP contribution in [0.1, 0.15) is 41.7 Å². The van der Waals surface area contributed by atoms with Crippen molar-refractivity contribution in [1.82, 2.24) is 4.98 Å². The van der Waals surface area contributed by atoms with Crippen LogP contribution in [0.15, 0.2) is 34.9 Å². The quantitative estimate of drug-likeness (QED) is 0.895. The lowest BCUT2D eigenvalue weighted by Gasteiger charge is -2.08. The molecule has 0 amide bonds. The van der Waals surface area contributed by atoms with E-state index < -0.39 is 5.97 Å². The number of aromatic carboxylic acids is 1. The molecule has 0 bridgehead atoms. The van der Waals surface area contributed by atoms with Crippen molar-refractivity contribution in [3.63, 3.8) is 0 Å². The maximum Gasteiger partial charge on any atom is 0.357 e. The molecule has 0 aliphatic heterocycles. The summed E-state index contributed by atoms with van der Waals surface area (Å²) in [5.41, 5.74) is 1.06. The molecule has 0 atom stereocenters. The zero-order chi connectivity index (χ0) is 13.8. The first-order chi connectivity index (χ1) is 9.06. The first kappa shape index (κ1) is 13.1. The van der Waals surface area contributed by atoms with Gasteiger partial charge in [0.2, 0.25) is 5.89 Å². The van der Waals surface area contributed by atoms with E-state index in [-0.39, 0.29) is 18.2 Å². The van der Waals surface area contributed by atoms with Gasteiger partial charge < -0.3 is 14.3 Å². The molecule has 0 saturated carbocycles. The monoisotopic (exact) mass is 261 g/mol. The van der Waals surface area contributed by atoms with Gasteiger partial charge in [0.25, 0.3) is 0 Å². The fraction of sp³-hybridized carbons (Fsp3) is 0.286. The predicted molar refractivity (Wildman–Crippen MR) is 68.3 cm³/mol. The number of hydrogen-bond donors (Lipinski definition) is 1. The second-order valence-corrected chi connectivity index (χ2v) is 4.45. The Hall–Kier alpha value is -2.30. The number of ether oxygens (including phenoxy) is 1. The van der Waals surface area contributed by atoms with Crippen LogP contribution < -0.4 is 4.74 Å². The average molecular weight is 261 g/mol. The van der Waals surface area contributed by atoms with Gasteiger partial charge >= 0.3 is 5.97 Å². The molecule has 0 spiro atoms. The number of carbonyl (C=O) groups is 1. The summed E-state index contributed by atoms with van der Waals surface area (Å²) in [6, 6.07) is 7.74. The van der Waals surface area contributed by atoms with Crippen LogP contribution in [0.3, 0.4) is 0 Å². The molecule has 5 heteroatoms. The second kappa shape index (κ2) is 5.56. The molecule has 1 N–H and O–H groups in total. The van der Waals surface area contributed by atoms with Crippen LogP contribution in [0, 0.1) is 0 Å². The number of aromatic nitrogens is 1.